The summed E-state index contributed by atoms with van der Waals surface area (Å²) in [6.45, 7) is 5.14. The van der Waals surface area contributed by atoms with Gasteiger partial charge in [0.15, 0.2) is 5.92 Å². The van der Waals surface area contributed by atoms with Crippen LogP contribution in [-0.4, -0.2) is 54.3 Å². The van der Waals surface area contributed by atoms with E-state index in [9.17, 15) is 14.4 Å². The van der Waals surface area contributed by atoms with Crippen LogP contribution in [0.15, 0.2) is 4.99 Å². The molecule has 2 aliphatic rings. The lowest BCUT2D eigenvalue weighted by atomic mass is 9.99. The van der Waals surface area contributed by atoms with Gasteiger partial charge in [-0.3, -0.25) is 24.8 Å². The number of carbonyl (C=O) groups excluding carboxylic acids is 3. The normalized spacial score (nSPS) is 26.5. The third-order valence-electron chi connectivity index (χ3n) is 3.97. The SMILES string of the molecule is CCCCN1C(=O)NC(=O)[C@H](C(C)=NC[C@H]2CCCO2)C1=O. The minimum absolute atomic E-state index is 0.0644. The number of urea groups is 1. The number of unbranched alkanes of at least 4 members (excludes halogenated alkanes) is 1. The summed E-state index contributed by atoms with van der Waals surface area (Å²) in [4.78, 5) is 41.6. The predicted molar refractivity (Wildman–Crippen MR) is 80.6 cm³/mol. The lowest BCUT2D eigenvalue weighted by molar-refractivity contribution is -0.139. The molecule has 122 valence electrons. The van der Waals surface area contributed by atoms with E-state index >= 15 is 0 Å². The van der Waals surface area contributed by atoms with Crippen LogP contribution >= 0.6 is 0 Å². The van der Waals surface area contributed by atoms with E-state index in [0.717, 1.165) is 30.8 Å². The highest BCUT2D eigenvalue weighted by molar-refractivity contribution is 6.27. The Labute approximate surface area is 130 Å². The molecule has 2 heterocycles. The van der Waals surface area contributed by atoms with Gasteiger partial charge in [-0.25, -0.2) is 4.79 Å². The summed E-state index contributed by atoms with van der Waals surface area (Å²) in [5, 5.41) is 2.24. The average Bonchev–Trinajstić information content (AvgIpc) is 2.98. The van der Waals surface area contributed by atoms with Gasteiger partial charge in [0.2, 0.25) is 11.8 Å². The van der Waals surface area contributed by atoms with E-state index in [-0.39, 0.29) is 6.10 Å². The molecule has 1 N–H and O–H groups in total. The van der Waals surface area contributed by atoms with Gasteiger partial charge in [0, 0.05) is 18.9 Å². The first kappa shape index (κ1) is 16.6. The molecule has 2 fully saturated rings. The number of rotatable bonds is 6. The van der Waals surface area contributed by atoms with Crippen molar-refractivity contribution in [2.75, 3.05) is 19.7 Å². The van der Waals surface area contributed by atoms with Crippen LogP contribution in [0.4, 0.5) is 4.79 Å². The summed E-state index contributed by atoms with van der Waals surface area (Å²) in [6, 6.07) is -0.633. The van der Waals surface area contributed by atoms with Crippen LogP contribution in [0.25, 0.3) is 0 Å². The molecular weight excluding hydrogens is 286 g/mol. The van der Waals surface area contributed by atoms with E-state index in [1.165, 1.54) is 0 Å². The Morgan fingerprint density at radius 2 is 2.18 bits per heavy atom. The number of aliphatic imine (C=N–C) groups is 1. The van der Waals surface area contributed by atoms with E-state index in [1.807, 2.05) is 6.92 Å². The molecule has 0 aromatic rings. The molecule has 22 heavy (non-hydrogen) atoms. The summed E-state index contributed by atoms with van der Waals surface area (Å²) in [6.07, 6.45) is 3.60. The maximum Gasteiger partial charge on any atom is 0.330 e. The first-order chi connectivity index (χ1) is 10.5. The summed E-state index contributed by atoms with van der Waals surface area (Å²) in [5.41, 5.74) is 0.437. The second-order valence-corrected chi connectivity index (χ2v) is 5.69. The van der Waals surface area contributed by atoms with Crippen molar-refractivity contribution in [3.05, 3.63) is 0 Å². The zero-order valence-electron chi connectivity index (χ0n) is 13.1. The van der Waals surface area contributed by atoms with Crippen LogP contribution in [0, 0.1) is 5.92 Å². The maximum absolute atomic E-state index is 12.4. The Balaban J connectivity index is 2.06. The second kappa shape index (κ2) is 7.49. The maximum atomic E-state index is 12.4. The molecular formula is C15H23N3O4. The molecule has 2 aliphatic heterocycles. The van der Waals surface area contributed by atoms with E-state index in [2.05, 4.69) is 10.3 Å². The van der Waals surface area contributed by atoms with Crippen LogP contribution in [0.3, 0.4) is 0 Å². The van der Waals surface area contributed by atoms with Gasteiger partial charge in [-0.05, 0) is 26.2 Å². The van der Waals surface area contributed by atoms with Crippen LogP contribution in [0.2, 0.25) is 0 Å². The number of hydrogen-bond acceptors (Lipinski definition) is 5. The quantitative estimate of drug-likeness (QED) is 0.588. The van der Waals surface area contributed by atoms with Crippen molar-refractivity contribution < 1.29 is 19.1 Å². The van der Waals surface area contributed by atoms with Gasteiger partial charge in [-0.1, -0.05) is 13.3 Å². The van der Waals surface area contributed by atoms with Gasteiger partial charge < -0.3 is 4.74 Å². The molecule has 4 amide bonds. The first-order valence-corrected chi connectivity index (χ1v) is 7.83. The number of barbiturate groups is 1. The summed E-state index contributed by atoms with van der Waals surface area (Å²) >= 11 is 0. The fourth-order valence-electron chi connectivity index (χ4n) is 2.63. The second-order valence-electron chi connectivity index (χ2n) is 5.69. The minimum Gasteiger partial charge on any atom is -0.376 e. The summed E-state index contributed by atoms with van der Waals surface area (Å²) in [7, 11) is 0. The minimum atomic E-state index is -1.00. The summed E-state index contributed by atoms with van der Waals surface area (Å²) in [5.74, 6) is -2.07. The van der Waals surface area contributed by atoms with E-state index in [1.54, 1.807) is 6.92 Å². The third kappa shape index (κ3) is 3.71. The van der Waals surface area contributed by atoms with Crippen molar-refractivity contribution in [3.8, 4) is 0 Å². The number of ether oxygens (including phenoxy) is 1. The zero-order chi connectivity index (χ0) is 16.1. The fraction of sp³-hybridized carbons (Fsp3) is 0.733. The molecule has 0 unspecified atom stereocenters. The van der Waals surface area contributed by atoms with Gasteiger partial charge in [-0.15, -0.1) is 0 Å². The Morgan fingerprint density at radius 1 is 1.41 bits per heavy atom. The van der Waals surface area contributed by atoms with Crippen LogP contribution in [0.1, 0.15) is 39.5 Å². The molecule has 0 aromatic heterocycles. The Hall–Kier alpha value is -1.76. The highest BCUT2D eigenvalue weighted by Crippen LogP contribution is 2.16. The number of hydrogen-bond donors (Lipinski definition) is 1. The molecule has 0 spiro atoms. The van der Waals surface area contributed by atoms with Gasteiger partial charge in [0.1, 0.15) is 0 Å². The Kier molecular flexibility index (Phi) is 5.65. The highest BCUT2D eigenvalue weighted by atomic mass is 16.5. The predicted octanol–water partition coefficient (Wildman–Crippen LogP) is 1.12. The van der Waals surface area contributed by atoms with Crippen molar-refractivity contribution in [3.63, 3.8) is 0 Å². The molecule has 2 atom stereocenters. The molecule has 7 nitrogen and oxygen atoms in total. The largest absolute Gasteiger partial charge is 0.376 e. The van der Waals surface area contributed by atoms with Gasteiger partial charge in [-0.2, -0.15) is 0 Å². The molecule has 0 aliphatic carbocycles. The molecule has 0 aromatic carbocycles. The van der Waals surface area contributed by atoms with Crippen LogP contribution in [0.5, 0.6) is 0 Å². The molecule has 7 heteroatoms. The van der Waals surface area contributed by atoms with Crippen molar-refractivity contribution in [1.82, 2.24) is 10.2 Å². The number of nitrogens with one attached hydrogen (secondary N) is 1. The number of imide groups is 2. The van der Waals surface area contributed by atoms with E-state index in [4.69, 9.17) is 4.74 Å². The van der Waals surface area contributed by atoms with Gasteiger partial charge in [0.25, 0.3) is 0 Å². The van der Waals surface area contributed by atoms with Crippen molar-refractivity contribution >= 4 is 23.6 Å². The molecule has 2 saturated heterocycles. The lowest BCUT2D eigenvalue weighted by Crippen LogP contribution is -2.59. The van der Waals surface area contributed by atoms with Crippen LogP contribution < -0.4 is 5.32 Å². The Morgan fingerprint density at radius 3 is 2.82 bits per heavy atom. The Bertz CT molecular complexity index is 483. The van der Waals surface area contributed by atoms with Crippen molar-refractivity contribution in [2.24, 2.45) is 10.9 Å². The molecule has 0 bridgehead atoms. The van der Waals surface area contributed by atoms with Crippen molar-refractivity contribution in [1.29, 1.82) is 0 Å². The first-order valence-electron chi connectivity index (χ1n) is 7.83. The standard InChI is InChI=1S/C15H23N3O4/c1-3-4-7-18-14(20)12(13(19)17-15(18)21)10(2)16-9-11-6-5-8-22-11/h11-12H,3-9H2,1-2H3,(H,17,19,21)/t11-,12+/m1/s1. The number of amides is 4. The van der Waals surface area contributed by atoms with Gasteiger partial charge in [0.05, 0.1) is 12.6 Å². The summed E-state index contributed by atoms with van der Waals surface area (Å²) < 4.78 is 5.48. The van der Waals surface area contributed by atoms with Crippen LogP contribution in [-0.2, 0) is 14.3 Å². The van der Waals surface area contributed by atoms with E-state index < -0.39 is 23.8 Å². The fourth-order valence-corrected chi connectivity index (χ4v) is 2.63. The number of carbonyl (C=O) groups is 3. The lowest BCUT2D eigenvalue weighted by Gasteiger charge is -2.30. The zero-order valence-corrected chi connectivity index (χ0v) is 13.1. The molecule has 2 rings (SSSR count). The van der Waals surface area contributed by atoms with E-state index in [0.29, 0.717) is 25.2 Å². The average molecular weight is 309 g/mol. The third-order valence-corrected chi connectivity index (χ3v) is 3.97. The molecule has 0 saturated carbocycles. The number of nitrogens with zero attached hydrogens (tertiary/aromatic N) is 2. The topological polar surface area (TPSA) is 88.1 Å². The smallest absolute Gasteiger partial charge is 0.330 e. The highest BCUT2D eigenvalue weighted by Gasteiger charge is 2.41. The molecule has 0 radical (unpaired) electrons. The monoisotopic (exact) mass is 309 g/mol. The van der Waals surface area contributed by atoms with Gasteiger partial charge >= 0.3 is 6.03 Å². The van der Waals surface area contributed by atoms with Crippen molar-refractivity contribution in [2.45, 2.75) is 45.6 Å².